The highest BCUT2D eigenvalue weighted by Gasteiger charge is 2.31. The lowest BCUT2D eigenvalue weighted by Crippen LogP contribution is -2.23. The van der Waals surface area contributed by atoms with Crippen LogP contribution in [0.25, 0.3) is 0 Å². The number of para-hydroxylation sites is 1. The molecule has 29 heavy (non-hydrogen) atoms. The van der Waals surface area contributed by atoms with E-state index >= 15 is 0 Å². The van der Waals surface area contributed by atoms with Gasteiger partial charge in [0.05, 0.1) is 11.1 Å². The van der Waals surface area contributed by atoms with Crippen LogP contribution in [0.15, 0.2) is 59.1 Å². The van der Waals surface area contributed by atoms with E-state index in [1.54, 1.807) is 23.1 Å². The minimum absolute atomic E-state index is 0.0616. The van der Waals surface area contributed by atoms with Gasteiger partial charge in [-0.2, -0.15) is 5.26 Å². The molecule has 1 aliphatic heterocycles. The lowest BCUT2D eigenvalue weighted by Gasteiger charge is -2.17. The smallest absolute Gasteiger partial charge is 0.258 e. The highest BCUT2D eigenvalue weighted by molar-refractivity contribution is 9.10. The number of carbonyl (C=O) groups is 1. The maximum absolute atomic E-state index is 14.2. The van der Waals surface area contributed by atoms with Crippen molar-refractivity contribution in [2.75, 3.05) is 0 Å². The summed E-state index contributed by atoms with van der Waals surface area (Å²) in [6.45, 7) is 0.725. The number of benzene rings is 3. The molecule has 0 bridgehead atoms. The van der Waals surface area contributed by atoms with Crippen molar-refractivity contribution in [3.63, 3.8) is 0 Å². The molecule has 0 N–H and O–H groups in total. The van der Waals surface area contributed by atoms with Gasteiger partial charge in [-0.15, -0.1) is 0 Å². The van der Waals surface area contributed by atoms with Crippen LogP contribution >= 0.6 is 27.5 Å². The molecule has 0 fully saturated rings. The molecular weight excluding hydrogens is 459 g/mol. The number of fused-ring (bicyclic) bond motifs is 1. The van der Waals surface area contributed by atoms with Crippen LogP contribution in [0.1, 0.15) is 27.0 Å². The molecule has 144 valence electrons. The summed E-state index contributed by atoms with van der Waals surface area (Å²) in [5, 5.41) is 9.79. The maximum atomic E-state index is 14.2. The Labute approximate surface area is 180 Å². The van der Waals surface area contributed by atoms with Crippen LogP contribution in [-0.2, 0) is 13.1 Å². The van der Waals surface area contributed by atoms with Gasteiger partial charge in [0.25, 0.3) is 5.91 Å². The average Bonchev–Trinajstić information content (AvgIpc) is 3.02. The molecule has 7 heteroatoms. The molecule has 0 atom stereocenters. The second-order valence-electron chi connectivity index (χ2n) is 6.52. The Morgan fingerprint density at radius 3 is 2.76 bits per heavy atom. The fraction of sp³-hybridized carbons (Fsp3) is 0.0909. The van der Waals surface area contributed by atoms with E-state index in [9.17, 15) is 14.4 Å². The number of ether oxygens (including phenoxy) is 1. The normalized spacial score (nSPS) is 12.6. The van der Waals surface area contributed by atoms with E-state index in [0.29, 0.717) is 23.7 Å². The van der Waals surface area contributed by atoms with Crippen LogP contribution in [0.4, 0.5) is 4.39 Å². The Hall–Kier alpha value is -2.88. The number of halogens is 3. The summed E-state index contributed by atoms with van der Waals surface area (Å²) < 4.78 is 20.8. The Morgan fingerprint density at radius 1 is 1.21 bits per heavy atom. The molecule has 0 radical (unpaired) electrons. The summed E-state index contributed by atoms with van der Waals surface area (Å²) in [6.07, 6.45) is 0. The van der Waals surface area contributed by atoms with Gasteiger partial charge in [-0.05, 0) is 41.5 Å². The average molecular weight is 472 g/mol. The van der Waals surface area contributed by atoms with E-state index in [2.05, 4.69) is 15.9 Å². The number of amides is 1. The van der Waals surface area contributed by atoms with Gasteiger partial charge in [0.1, 0.15) is 11.8 Å². The van der Waals surface area contributed by atoms with Crippen molar-refractivity contribution >= 4 is 33.4 Å². The van der Waals surface area contributed by atoms with Gasteiger partial charge in [-0.3, -0.25) is 4.79 Å². The summed E-state index contributed by atoms with van der Waals surface area (Å²) in [4.78, 5) is 14.7. The molecule has 3 aromatic rings. The van der Waals surface area contributed by atoms with Crippen LogP contribution in [0, 0.1) is 17.1 Å². The first-order chi connectivity index (χ1) is 14.0. The molecule has 1 amide bonds. The third-order valence-electron chi connectivity index (χ3n) is 4.65. The van der Waals surface area contributed by atoms with E-state index in [4.69, 9.17) is 16.3 Å². The van der Waals surface area contributed by atoms with E-state index in [-0.39, 0.29) is 23.0 Å². The van der Waals surface area contributed by atoms with Gasteiger partial charge in [-0.25, -0.2) is 4.39 Å². The summed E-state index contributed by atoms with van der Waals surface area (Å²) >= 11 is 9.66. The zero-order valence-electron chi connectivity index (χ0n) is 15.0. The Kier molecular flexibility index (Phi) is 5.27. The third kappa shape index (κ3) is 3.71. The van der Waals surface area contributed by atoms with Crippen molar-refractivity contribution in [3.8, 4) is 17.6 Å². The predicted molar refractivity (Wildman–Crippen MR) is 110 cm³/mol. The molecular formula is C22H13BrClFN2O2. The van der Waals surface area contributed by atoms with Crippen LogP contribution in [0.3, 0.4) is 0 Å². The van der Waals surface area contributed by atoms with Gasteiger partial charge >= 0.3 is 0 Å². The summed E-state index contributed by atoms with van der Waals surface area (Å²) in [7, 11) is 0. The van der Waals surface area contributed by atoms with Gasteiger partial charge < -0.3 is 9.64 Å². The fourth-order valence-corrected chi connectivity index (χ4v) is 4.00. The lowest BCUT2D eigenvalue weighted by molar-refractivity contribution is 0.0765. The minimum Gasteiger partial charge on any atom is -0.452 e. The van der Waals surface area contributed by atoms with Crippen molar-refractivity contribution in [3.05, 3.63) is 92.2 Å². The number of rotatable bonds is 4. The van der Waals surface area contributed by atoms with Crippen LogP contribution in [-0.4, -0.2) is 10.8 Å². The number of hydrogen-bond donors (Lipinski definition) is 0. The van der Waals surface area contributed by atoms with Gasteiger partial charge in [0.15, 0.2) is 11.6 Å². The van der Waals surface area contributed by atoms with Crippen molar-refractivity contribution in [2.24, 2.45) is 0 Å². The second kappa shape index (κ2) is 7.86. The number of nitrogens with zero attached hydrogens (tertiary/aromatic N) is 2. The predicted octanol–water partition coefficient (Wildman–Crippen LogP) is 6.06. The summed E-state index contributed by atoms with van der Waals surface area (Å²) in [6, 6.07) is 16.7. The highest BCUT2D eigenvalue weighted by atomic mass is 79.9. The molecule has 3 aromatic carbocycles. The molecule has 4 nitrogen and oxygen atoms in total. The fourth-order valence-electron chi connectivity index (χ4n) is 3.27. The molecule has 0 spiro atoms. The van der Waals surface area contributed by atoms with Crippen LogP contribution in [0.5, 0.6) is 11.5 Å². The molecule has 0 saturated carbocycles. The molecule has 0 unspecified atom stereocenters. The van der Waals surface area contributed by atoms with E-state index in [0.717, 1.165) is 15.6 Å². The Balaban J connectivity index is 1.65. The van der Waals surface area contributed by atoms with Crippen LogP contribution < -0.4 is 4.74 Å². The first-order valence-corrected chi connectivity index (χ1v) is 9.86. The van der Waals surface area contributed by atoms with Crippen molar-refractivity contribution in [1.29, 1.82) is 5.26 Å². The van der Waals surface area contributed by atoms with Gasteiger partial charge in [-0.1, -0.05) is 51.8 Å². The minimum atomic E-state index is -0.661. The number of carbonyl (C=O) groups excluding carboxylic acids is 1. The largest absolute Gasteiger partial charge is 0.452 e. The third-order valence-corrected chi connectivity index (χ3v) is 5.50. The standard InChI is InChI=1S/C22H13BrClFN2O2/c23-16-8-7-14(17(24)9-16)11-27-12-15-4-2-6-19(20(15)22(27)28)29-21-13(10-26)3-1-5-18(21)25/h1-9H,11-12H2. The molecule has 1 aliphatic rings. The van der Waals surface area contributed by atoms with E-state index in [1.165, 1.54) is 18.2 Å². The Morgan fingerprint density at radius 2 is 2.00 bits per heavy atom. The lowest BCUT2D eigenvalue weighted by atomic mass is 10.1. The highest BCUT2D eigenvalue weighted by Crippen LogP contribution is 2.37. The molecule has 1 heterocycles. The van der Waals surface area contributed by atoms with Gasteiger partial charge in [0, 0.05) is 22.6 Å². The molecule has 0 aliphatic carbocycles. The molecule has 0 aromatic heterocycles. The van der Waals surface area contributed by atoms with E-state index in [1.807, 2.05) is 24.3 Å². The quantitative estimate of drug-likeness (QED) is 0.465. The van der Waals surface area contributed by atoms with E-state index < -0.39 is 5.82 Å². The van der Waals surface area contributed by atoms with Crippen molar-refractivity contribution < 1.29 is 13.9 Å². The summed E-state index contributed by atoms with van der Waals surface area (Å²) in [5.74, 6) is -0.862. The summed E-state index contributed by atoms with van der Waals surface area (Å²) in [5.41, 5.74) is 2.02. The zero-order valence-corrected chi connectivity index (χ0v) is 17.3. The monoisotopic (exact) mass is 470 g/mol. The first-order valence-electron chi connectivity index (χ1n) is 8.69. The maximum Gasteiger partial charge on any atom is 0.258 e. The molecule has 4 rings (SSSR count). The van der Waals surface area contributed by atoms with Crippen molar-refractivity contribution in [1.82, 2.24) is 4.90 Å². The SMILES string of the molecule is N#Cc1cccc(F)c1Oc1cccc2c1C(=O)N(Cc1ccc(Br)cc1Cl)C2. The number of hydrogen-bond acceptors (Lipinski definition) is 3. The molecule has 0 saturated heterocycles. The van der Waals surface area contributed by atoms with Crippen molar-refractivity contribution in [2.45, 2.75) is 13.1 Å². The second-order valence-corrected chi connectivity index (χ2v) is 7.84. The van der Waals surface area contributed by atoms with Gasteiger partial charge in [0.2, 0.25) is 0 Å². The topological polar surface area (TPSA) is 53.3 Å². The zero-order chi connectivity index (χ0) is 20.5. The number of nitriles is 1. The van der Waals surface area contributed by atoms with Crippen LogP contribution in [0.2, 0.25) is 5.02 Å². The first kappa shape index (κ1) is 19.4. The Bertz CT molecular complexity index is 1180.